The van der Waals surface area contributed by atoms with E-state index in [1.54, 1.807) is 0 Å². The summed E-state index contributed by atoms with van der Waals surface area (Å²) in [4.78, 5) is 13.0. The molecule has 1 aromatic heterocycles. The van der Waals surface area contributed by atoms with E-state index < -0.39 is 0 Å². The molecule has 3 heterocycles. The Labute approximate surface area is 130 Å². The molecule has 2 aliphatic rings. The fourth-order valence-electron chi connectivity index (χ4n) is 3.70. The highest BCUT2D eigenvalue weighted by Gasteiger charge is 2.41. The first-order chi connectivity index (χ1) is 10.0. The summed E-state index contributed by atoms with van der Waals surface area (Å²) >= 11 is 2.00. The smallest absolute Gasteiger partial charge is 0.169 e. The van der Waals surface area contributed by atoms with Gasteiger partial charge in [-0.2, -0.15) is 11.8 Å². The zero-order valence-corrected chi connectivity index (χ0v) is 14.0. The number of furan rings is 1. The predicted molar refractivity (Wildman–Crippen MR) is 85.2 cm³/mol. The van der Waals surface area contributed by atoms with Gasteiger partial charge < -0.3 is 9.15 Å². The monoisotopic (exact) mass is 308 g/mol. The summed E-state index contributed by atoms with van der Waals surface area (Å²) in [5, 5.41) is 0. The molecule has 3 nitrogen and oxygen atoms in total. The van der Waals surface area contributed by atoms with Crippen molar-refractivity contribution in [3.05, 3.63) is 22.6 Å². The van der Waals surface area contributed by atoms with Crippen LogP contribution in [0.4, 0.5) is 0 Å². The molecule has 2 fully saturated rings. The lowest BCUT2D eigenvalue weighted by Gasteiger charge is -2.42. The van der Waals surface area contributed by atoms with Crippen LogP contribution in [-0.2, 0) is 4.74 Å². The van der Waals surface area contributed by atoms with Crippen LogP contribution in [0.15, 0.2) is 4.42 Å². The molecule has 0 aromatic carbocycles. The number of aryl methyl sites for hydroxylation is 2. The Balaban J connectivity index is 1.81. The Kier molecular flexibility index (Phi) is 4.19. The van der Waals surface area contributed by atoms with Crippen LogP contribution >= 0.6 is 11.8 Å². The summed E-state index contributed by atoms with van der Waals surface area (Å²) in [5.41, 5.74) is 1.79. The van der Waals surface area contributed by atoms with Gasteiger partial charge in [0.05, 0.1) is 11.2 Å². The second-order valence-corrected chi connectivity index (χ2v) is 7.64. The van der Waals surface area contributed by atoms with Gasteiger partial charge in [0.1, 0.15) is 11.5 Å². The maximum Gasteiger partial charge on any atom is 0.169 e. The Morgan fingerprint density at radius 3 is 2.52 bits per heavy atom. The van der Waals surface area contributed by atoms with Crippen LogP contribution in [0.25, 0.3) is 0 Å². The average Bonchev–Trinajstić information content (AvgIpc) is 2.72. The van der Waals surface area contributed by atoms with Gasteiger partial charge in [0.25, 0.3) is 0 Å². The van der Waals surface area contributed by atoms with Gasteiger partial charge in [-0.25, -0.2) is 0 Å². The van der Waals surface area contributed by atoms with Crippen LogP contribution in [-0.4, -0.2) is 29.5 Å². The summed E-state index contributed by atoms with van der Waals surface area (Å²) in [5.74, 6) is 4.31. The minimum Gasteiger partial charge on any atom is -0.466 e. The lowest BCUT2D eigenvalue weighted by atomic mass is 9.78. The topological polar surface area (TPSA) is 39.4 Å². The average molecular weight is 308 g/mol. The van der Waals surface area contributed by atoms with E-state index >= 15 is 0 Å². The Hall–Kier alpha value is -0.740. The van der Waals surface area contributed by atoms with Crippen LogP contribution in [0.3, 0.4) is 0 Å². The third-order valence-electron chi connectivity index (χ3n) is 5.08. The number of carbonyl (C=O) groups excluding carboxylic acids is 1. The minimum atomic E-state index is -0.0373. The van der Waals surface area contributed by atoms with Gasteiger partial charge in [-0.1, -0.05) is 0 Å². The van der Waals surface area contributed by atoms with Crippen molar-refractivity contribution in [3.8, 4) is 0 Å². The predicted octanol–water partition coefficient (Wildman–Crippen LogP) is 4.08. The summed E-state index contributed by atoms with van der Waals surface area (Å²) in [6.45, 7) is 6.55. The van der Waals surface area contributed by atoms with Gasteiger partial charge in [-0.15, -0.1) is 0 Å². The van der Waals surface area contributed by atoms with Crippen molar-refractivity contribution < 1.29 is 13.9 Å². The molecule has 2 aliphatic heterocycles. The molecule has 1 spiro atoms. The molecule has 0 bridgehead atoms. The molecule has 0 radical (unpaired) electrons. The number of ether oxygens (including phenoxy) is 1. The van der Waals surface area contributed by atoms with E-state index in [1.807, 2.05) is 32.5 Å². The van der Waals surface area contributed by atoms with E-state index in [4.69, 9.17) is 9.15 Å². The van der Waals surface area contributed by atoms with Crippen LogP contribution in [0.5, 0.6) is 0 Å². The first-order valence-electron chi connectivity index (χ1n) is 7.85. The molecule has 3 rings (SSSR count). The molecule has 0 N–H and O–H groups in total. The molecular weight excluding hydrogens is 284 g/mol. The zero-order chi connectivity index (χ0) is 15.0. The van der Waals surface area contributed by atoms with Gasteiger partial charge in [-0.05, 0) is 58.0 Å². The number of thioether (sulfide) groups is 1. The number of hydrogen-bond donors (Lipinski definition) is 0. The first-order valence-corrected chi connectivity index (χ1v) is 9.00. The van der Waals surface area contributed by atoms with Crippen molar-refractivity contribution in [1.29, 1.82) is 0 Å². The third-order valence-corrected chi connectivity index (χ3v) is 6.06. The Morgan fingerprint density at radius 2 is 1.90 bits per heavy atom. The molecule has 1 unspecified atom stereocenters. The number of Topliss-reactive ketones (excluding diaryl/α,β-unsaturated/α-hetero) is 1. The standard InChI is InChI=1S/C17H24O3S/c1-11-12(2)20-13(3)15(11)16(18)14-4-7-19-17(10-14)5-8-21-9-6-17/h14H,4-10H2,1-3H3. The summed E-state index contributed by atoms with van der Waals surface area (Å²) in [6, 6.07) is 0. The van der Waals surface area contributed by atoms with Crippen LogP contribution < -0.4 is 0 Å². The van der Waals surface area contributed by atoms with E-state index in [-0.39, 0.29) is 17.3 Å². The van der Waals surface area contributed by atoms with E-state index in [1.165, 1.54) is 0 Å². The second-order valence-electron chi connectivity index (χ2n) is 6.41. The lowest BCUT2D eigenvalue weighted by molar-refractivity contribution is -0.0959. The number of carbonyl (C=O) groups is 1. The minimum absolute atomic E-state index is 0.0373. The fourth-order valence-corrected chi connectivity index (χ4v) is 4.94. The quantitative estimate of drug-likeness (QED) is 0.772. The Morgan fingerprint density at radius 1 is 1.19 bits per heavy atom. The van der Waals surface area contributed by atoms with Crippen LogP contribution in [0, 0.1) is 26.7 Å². The highest BCUT2D eigenvalue weighted by molar-refractivity contribution is 7.99. The molecule has 4 heteroatoms. The first kappa shape index (κ1) is 15.2. The largest absolute Gasteiger partial charge is 0.466 e. The molecule has 2 saturated heterocycles. The number of ketones is 1. The maximum absolute atomic E-state index is 13.0. The molecule has 0 saturated carbocycles. The van der Waals surface area contributed by atoms with Crippen LogP contribution in [0.1, 0.15) is 53.1 Å². The Bertz CT molecular complexity index is 535. The van der Waals surface area contributed by atoms with Crippen LogP contribution in [0.2, 0.25) is 0 Å². The fraction of sp³-hybridized carbons (Fsp3) is 0.706. The molecule has 0 aliphatic carbocycles. The molecule has 1 atom stereocenters. The highest BCUT2D eigenvalue weighted by atomic mass is 32.2. The van der Waals surface area contributed by atoms with Crippen molar-refractivity contribution >= 4 is 17.5 Å². The lowest BCUT2D eigenvalue weighted by Crippen LogP contribution is -2.44. The summed E-state index contributed by atoms with van der Waals surface area (Å²) < 4.78 is 11.7. The molecule has 116 valence electrons. The normalized spacial score (nSPS) is 25.2. The van der Waals surface area contributed by atoms with E-state index in [9.17, 15) is 4.79 Å². The van der Waals surface area contributed by atoms with Crippen molar-refractivity contribution in [3.63, 3.8) is 0 Å². The maximum atomic E-state index is 13.0. The van der Waals surface area contributed by atoms with E-state index in [2.05, 4.69) is 0 Å². The third kappa shape index (κ3) is 2.80. The van der Waals surface area contributed by atoms with Gasteiger partial charge in [0.2, 0.25) is 0 Å². The van der Waals surface area contributed by atoms with E-state index in [0.717, 1.165) is 66.4 Å². The van der Waals surface area contributed by atoms with Crippen molar-refractivity contribution in [2.45, 2.75) is 52.1 Å². The van der Waals surface area contributed by atoms with Gasteiger partial charge >= 0.3 is 0 Å². The zero-order valence-electron chi connectivity index (χ0n) is 13.2. The second kappa shape index (κ2) is 5.81. The molecule has 21 heavy (non-hydrogen) atoms. The van der Waals surface area contributed by atoms with Crippen molar-refractivity contribution in [2.75, 3.05) is 18.1 Å². The number of hydrogen-bond acceptors (Lipinski definition) is 4. The molecular formula is C17H24O3S. The number of rotatable bonds is 2. The summed E-state index contributed by atoms with van der Waals surface area (Å²) in [6.07, 6.45) is 3.90. The summed E-state index contributed by atoms with van der Waals surface area (Å²) in [7, 11) is 0. The SMILES string of the molecule is Cc1oc(C)c(C(=O)C2CCOC3(CCSCC3)C2)c1C. The van der Waals surface area contributed by atoms with Gasteiger partial charge in [0.15, 0.2) is 5.78 Å². The van der Waals surface area contributed by atoms with Crippen molar-refractivity contribution in [2.24, 2.45) is 5.92 Å². The van der Waals surface area contributed by atoms with Crippen molar-refractivity contribution in [1.82, 2.24) is 0 Å². The van der Waals surface area contributed by atoms with E-state index in [0.29, 0.717) is 0 Å². The highest BCUT2D eigenvalue weighted by Crippen LogP contribution is 2.41. The molecule has 1 aromatic rings. The van der Waals surface area contributed by atoms with Gasteiger partial charge in [-0.3, -0.25) is 4.79 Å². The molecule has 0 amide bonds. The van der Waals surface area contributed by atoms with Gasteiger partial charge in [0, 0.05) is 18.1 Å².